The summed E-state index contributed by atoms with van der Waals surface area (Å²) < 4.78 is 4.92. The van der Waals surface area contributed by atoms with Gasteiger partial charge in [0.25, 0.3) is 5.91 Å². The lowest BCUT2D eigenvalue weighted by Crippen LogP contribution is -2.31. The molecule has 0 heterocycles. The number of esters is 1. The molecule has 27 heavy (non-hydrogen) atoms. The van der Waals surface area contributed by atoms with Crippen molar-refractivity contribution in [3.8, 4) is 11.5 Å². The minimum atomic E-state index is -0.839. The van der Waals surface area contributed by atoms with E-state index in [4.69, 9.17) is 4.74 Å². The Hall–Kier alpha value is -3.02. The van der Waals surface area contributed by atoms with Gasteiger partial charge in [-0.15, -0.1) is 0 Å². The van der Waals surface area contributed by atoms with Crippen molar-refractivity contribution in [3.63, 3.8) is 0 Å². The molecule has 2 aromatic rings. The molecule has 1 amide bonds. The van der Waals surface area contributed by atoms with Gasteiger partial charge in [0.2, 0.25) is 0 Å². The molecule has 0 aliphatic heterocycles. The molecule has 0 saturated heterocycles. The molecule has 0 saturated carbocycles. The number of amides is 1. The number of rotatable bonds is 7. The molecular formula is C21H25NO5. The van der Waals surface area contributed by atoms with Crippen molar-refractivity contribution in [3.05, 3.63) is 59.2 Å². The summed E-state index contributed by atoms with van der Waals surface area (Å²) in [5.74, 6) is -1.28. The van der Waals surface area contributed by atoms with E-state index in [1.165, 1.54) is 17.7 Å². The first-order chi connectivity index (χ1) is 12.8. The third kappa shape index (κ3) is 6.02. The monoisotopic (exact) mass is 371 g/mol. The summed E-state index contributed by atoms with van der Waals surface area (Å²) in [6.07, 6.45) is 1.00. The minimum Gasteiger partial charge on any atom is -0.508 e. The van der Waals surface area contributed by atoms with Crippen LogP contribution in [0.25, 0.3) is 0 Å². The van der Waals surface area contributed by atoms with Crippen LogP contribution in [0, 0.1) is 5.92 Å². The fourth-order valence-electron chi connectivity index (χ4n) is 2.68. The van der Waals surface area contributed by atoms with Gasteiger partial charge in [-0.3, -0.25) is 4.79 Å². The number of phenolic OH excluding ortho intramolecular Hbond substituents is 2. The van der Waals surface area contributed by atoms with Crippen LogP contribution >= 0.6 is 0 Å². The van der Waals surface area contributed by atoms with Crippen LogP contribution in [0.15, 0.2) is 42.5 Å². The summed E-state index contributed by atoms with van der Waals surface area (Å²) >= 11 is 0. The van der Waals surface area contributed by atoms with Crippen molar-refractivity contribution in [2.24, 2.45) is 5.92 Å². The number of aromatic hydroxyl groups is 2. The molecule has 0 aliphatic rings. The topological polar surface area (TPSA) is 95.9 Å². The summed E-state index contributed by atoms with van der Waals surface area (Å²) in [6.45, 7) is 5.71. The van der Waals surface area contributed by atoms with E-state index >= 15 is 0 Å². The lowest BCUT2D eigenvalue weighted by atomic mass is 10.00. The second-order valence-electron chi connectivity index (χ2n) is 6.91. The number of nitrogens with one attached hydrogen (secondary N) is 1. The second-order valence-corrected chi connectivity index (χ2v) is 6.91. The molecule has 0 radical (unpaired) electrons. The largest absolute Gasteiger partial charge is 0.508 e. The Balaban J connectivity index is 1.86. The van der Waals surface area contributed by atoms with Crippen molar-refractivity contribution in [2.45, 2.75) is 33.2 Å². The van der Waals surface area contributed by atoms with Crippen molar-refractivity contribution in [2.75, 3.05) is 6.61 Å². The lowest BCUT2D eigenvalue weighted by Gasteiger charge is -2.15. The van der Waals surface area contributed by atoms with Gasteiger partial charge in [0.05, 0.1) is 6.04 Å². The molecule has 1 atom stereocenters. The van der Waals surface area contributed by atoms with Gasteiger partial charge in [0.15, 0.2) is 6.61 Å². The maximum Gasteiger partial charge on any atom is 0.342 e. The van der Waals surface area contributed by atoms with E-state index in [1.807, 2.05) is 31.2 Å². The zero-order chi connectivity index (χ0) is 20.0. The van der Waals surface area contributed by atoms with Crippen LogP contribution in [-0.2, 0) is 16.0 Å². The highest BCUT2D eigenvalue weighted by Gasteiger charge is 2.16. The number of benzene rings is 2. The van der Waals surface area contributed by atoms with Gasteiger partial charge >= 0.3 is 5.97 Å². The molecule has 2 rings (SSSR count). The Labute approximate surface area is 158 Å². The van der Waals surface area contributed by atoms with Gasteiger partial charge in [-0.25, -0.2) is 4.79 Å². The Morgan fingerprint density at radius 2 is 1.70 bits per heavy atom. The number of phenols is 2. The molecule has 0 unspecified atom stereocenters. The number of hydrogen-bond acceptors (Lipinski definition) is 5. The number of carbonyl (C=O) groups excluding carboxylic acids is 2. The Morgan fingerprint density at radius 3 is 2.30 bits per heavy atom. The Bertz CT molecular complexity index is 799. The molecule has 0 fully saturated rings. The minimum absolute atomic E-state index is 0.116. The third-order valence-corrected chi connectivity index (χ3v) is 4.04. The summed E-state index contributed by atoms with van der Waals surface area (Å²) in [4.78, 5) is 23.9. The van der Waals surface area contributed by atoms with E-state index in [1.54, 1.807) is 0 Å². The highest BCUT2D eigenvalue weighted by molar-refractivity contribution is 5.94. The smallest absolute Gasteiger partial charge is 0.342 e. The zero-order valence-corrected chi connectivity index (χ0v) is 15.7. The molecule has 0 bridgehead atoms. The molecule has 0 spiro atoms. The SMILES string of the molecule is CC(C)Cc1ccc([C@@H](C)NC(=O)COC(=O)c2ccc(O)cc2O)cc1. The van der Waals surface area contributed by atoms with Crippen molar-refractivity contribution < 1.29 is 24.5 Å². The van der Waals surface area contributed by atoms with Gasteiger partial charge in [0, 0.05) is 6.07 Å². The van der Waals surface area contributed by atoms with Gasteiger partial charge in [-0.1, -0.05) is 38.1 Å². The maximum absolute atomic E-state index is 12.0. The summed E-state index contributed by atoms with van der Waals surface area (Å²) in [5, 5.41) is 21.6. The lowest BCUT2D eigenvalue weighted by molar-refractivity contribution is -0.124. The molecule has 6 heteroatoms. The van der Waals surface area contributed by atoms with E-state index in [9.17, 15) is 19.8 Å². The fourth-order valence-corrected chi connectivity index (χ4v) is 2.68. The van der Waals surface area contributed by atoms with Gasteiger partial charge < -0.3 is 20.3 Å². The van der Waals surface area contributed by atoms with E-state index in [-0.39, 0.29) is 17.4 Å². The van der Waals surface area contributed by atoms with Gasteiger partial charge in [-0.05, 0) is 42.5 Å². The average molecular weight is 371 g/mol. The fraction of sp³-hybridized carbons (Fsp3) is 0.333. The van der Waals surface area contributed by atoms with Crippen LogP contribution in [0.5, 0.6) is 11.5 Å². The van der Waals surface area contributed by atoms with Crippen LogP contribution in [0.4, 0.5) is 0 Å². The summed E-state index contributed by atoms with van der Waals surface area (Å²) in [5.41, 5.74) is 2.09. The van der Waals surface area contributed by atoms with Crippen LogP contribution in [0.3, 0.4) is 0 Å². The van der Waals surface area contributed by atoms with Crippen LogP contribution in [-0.4, -0.2) is 28.7 Å². The standard InChI is InChI=1S/C21H25NO5/c1-13(2)10-15-4-6-16(7-5-15)14(3)22-20(25)12-27-21(26)18-9-8-17(23)11-19(18)24/h4-9,11,13-14,23-24H,10,12H2,1-3H3,(H,22,25)/t14-/m1/s1. The Morgan fingerprint density at radius 1 is 1.04 bits per heavy atom. The van der Waals surface area contributed by atoms with Gasteiger partial charge in [0.1, 0.15) is 17.1 Å². The molecule has 0 aromatic heterocycles. The molecular weight excluding hydrogens is 346 g/mol. The second kappa shape index (κ2) is 9.07. The van der Waals surface area contributed by atoms with Crippen LogP contribution in [0.2, 0.25) is 0 Å². The average Bonchev–Trinajstić information content (AvgIpc) is 2.59. The summed E-state index contributed by atoms with van der Waals surface area (Å²) in [7, 11) is 0. The van der Waals surface area contributed by atoms with E-state index in [0.29, 0.717) is 5.92 Å². The van der Waals surface area contributed by atoms with Crippen LogP contribution in [0.1, 0.15) is 48.3 Å². The number of carbonyl (C=O) groups is 2. The molecule has 144 valence electrons. The van der Waals surface area contributed by atoms with E-state index < -0.39 is 24.2 Å². The molecule has 0 aliphatic carbocycles. The van der Waals surface area contributed by atoms with Crippen LogP contribution < -0.4 is 5.32 Å². The highest BCUT2D eigenvalue weighted by atomic mass is 16.5. The van der Waals surface area contributed by atoms with E-state index in [0.717, 1.165) is 18.1 Å². The number of ether oxygens (including phenoxy) is 1. The van der Waals surface area contributed by atoms with E-state index in [2.05, 4.69) is 19.2 Å². The third-order valence-electron chi connectivity index (χ3n) is 4.04. The predicted octanol–water partition coefficient (Wildman–Crippen LogP) is 3.33. The predicted molar refractivity (Wildman–Crippen MR) is 102 cm³/mol. The maximum atomic E-state index is 12.0. The van der Waals surface area contributed by atoms with Crippen molar-refractivity contribution >= 4 is 11.9 Å². The zero-order valence-electron chi connectivity index (χ0n) is 15.7. The molecule has 2 aromatic carbocycles. The molecule has 3 N–H and O–H groups in total. The van der Waals surface area contributed by atoms with Gasteiger partial charge in [-0.2, -0.15) is 0 Å². The number of hydrogen-bond donors (Lipinski definition) is 3. The first-order valence-electron chi connectivity index (χ1n) is 8.83. The first-order valence-corrected chi connectivity index (χ1v) is 8.83. The first kappa shape index (κ1) is 20.3. The van der Waals surface area contributed by atoms with Crippen molar-refractivity contribution in [1.82, 2.24) is 5.32 Å². The summed E-state index contributed by atoms with van der Waals surface area (Å²) in [6, 6.07) is 11.3. The highest BCUT2D eigenvalue weighted by Crippen LogP contribution is 2.23. The quantitative estimate of drug-likeness (QED) is 0.649. The normalized spacial score (nSPS) is 11.9. The Kier molecular flexibility index (Phi) is 6.82. The molecule has 6 nitrogen and oxygen atoms in total. The van der Waals surface area contributed by atoms with Crippen molar-refractivity contribution in [1.29, 1.82) is 0 Å².